The fourth-order valence-electron chi connectivity index (χ4n) is 3.66. The van der Waals surface area contributed by atoms with Crippen molar-refractivity contribution in [2.75, 3.05) is 26.7 Å². The molecular formula is C27H52N4O3. The van der Waals surface area contributed by atoms with Crippen LogP contribution in [0.1, 0.15) is 115 Å². The van der Waals surface area contributed by atoms with E-state index in [1.807, 2.05) is 25.8 Å². The van der Waals surface area contributed by atoms with E-state index in [0.29, 0.717) is 0 Å². The highest BCUT2D eigenvalue weighted by Gasteiger charge is 1.96. The Morgan fingerprint density at radius 2 is 1.47 bits per heavy atom. The number of aromatic nitrogens is 2. The highest BCUT2D eigenvalue weighted by Crippen LogP contribution is 2.13. The second kappa shape index (κ2) is 25.7. The molecule has 2 rings (SSSR count). The van der Waals surface area contributed by atoms with Crippen molar-refractivity contribution < 1.29 is 15.0 Å². The Kier molecular flexibility index (Phi) is 24.3. The Morgan fingerprint density at radius 3 is 1.76 bits per heavy atom. The molecule has 1 aromatic rings. The molecule has 7 nitrogen and oxygen atoms in total. The molecule has 7 heteroatoms. The molecule has 0 spiro atoms. The van der Waals surface area contributed by atoms with E-state index in [9.17, 15) is 4.79 Å². The first-order valence-electron chi connectivity index (χ1n) is 13.6. The third-order valence-electron chi connectivity index (χ3n) is 5.76. The molecule has 0 saturated carbocycles. The minimum absolute atomic E-state index is 0.153. The summed E-state index contributed by atoms with van der Waals surface area (Å²) in [4.78, 5) is 22.9. The van der Waals surface area contributed by atoms with Crippen LogP contribution in [0.25, 0.3) is 0 Å². The van der Waals surface area contributed by atoms with Gasteiger partial charge in [-0.1, -0.05) is 96.8 Å². The van der Waals surface area contributed by atoms with Gasteiger partial charge in [0.25, 0.3) is 0 Å². The number of likely N-dealkylation sites (N-methyl/N-ethyl adjacent to an activating group) is 1. The van der Waals surface area contributed by atoms with Gasteiger partial charge in [-0.25, -0.2) is 4.98 Å². The van der Waals surface area contributed by atoms with E-state index in [2.05, 4.69) is 26.8 Å². The predicted molar refractivity (Wildman–Crippen MR) is 143 cm³/mol. The molecule has 198 valence electrons. The van der Waals surface area contributed by atoms with Crippen LogP contribution in [0.2, 0.25) is 0 Å². The standard InChI is InChI=1S/C20H38N2.C4H8N2.C3H6O3/c1-2-3-4-5-6-7-8-9-10-11-12-13-14-15-16-17-20-21-18-19-22-20;1-6-3-2-5-4-6;4-2-1-3(5)6/h18-19H,2-17H2,1H3,(H,21,22);4H,2-3H2,1H3;4H,1-2H2,(H,5,6). The highest BCUT2D eigenvalue weighted by molar-refractivity contribution is 5.66. The van der Waals surface area contributed by atoms with Crippen LogP contribution in [0.5, 0.6) is 0 Å². The van der Waals surface area contributed by atoms with Gasteiger partial charge < -0.3 is 20.1 Å². The Bertz CT molecular complexity index is 564. The molecule has 3 N–H and O–H groups in total. The SMILES string of the molecule is CCCCCCCCCCCCCCCCCc1ncc[nH]1.CN1C=NCC1.O=C(O)CCO. The van der Waals surface area contributed by atoms with Crippen molar-refractivity contribution in [1.82, 2.24) is 14.9 Å². The molecule has 0 bridgehead atoms. The molecular weight excluding hydrogens is 428 g/mol. The van der Waals surface area contributed by atoms with Gasteiger partial charge in [-0.15, -0.1) is 0 Å². The van der Waals surface area contributed by atoms with Crippen molar-refractivity contribution in [1.29, 1.82) is 0 Å². The molecule has 0 aromatic carbocycles. The normalized spacial score (nSPS) is 12.1. The van der Waals surface area contributed by atoms with Gasteiger partial charge in [0.15, 0.2) is 0 Å². The largest absolute Gasteiger partial charge is 0.481 e. The Morgan fingerprint density at radius 1 is 0.941 bits per heavy atom. The van der Waals surface area contributed by atoms with Crippen LogP contribution in [-0.2, 0) is 11.2 Å². The molecule has 34 heavy (non-hydrogen) atoms. The molecule has 1 aromatic heterocycles. The summed E-state index contributed by atoms with van der Waals surface area (Å²) in [6.07, 6.45) is 28.0. The highest BCUT2D eigenvalue weighted by atomic mass is 16.4. The first kappa shape index (κ1) is 32.1. The molecule has 1 aliphatic heterocycles. The summed E-state index contributed by atoms with van der Waals surface area (Å²) in [5.41, 5.74) is 0. The summed E-state index contributed by atoms with van der Waals surface area (Å²) >= 11 is 0. The van der Waals surface area contributed by atoms with Crippen LogP contribution >= 0.6 is 0 Å². The summed E-state index contributed by atoms with van der Waals surface area (Å²) in [6.45, 7) is 4.10. The van der Waals surface area contributed by atoms with Gasteiger partial charge in [-0.05, 0) is 6.42 Å². The van der Waals surface area contributed by atoms with Crippen LogP contribution < -0.4 is 0 Å². The van der Waals surface area contributed by atoms with Crippen molar-refractivity contribution in [2.24, 2.45) is 4.99 Å². The number of aromatic amines is 1. The maximum atomic E-state index is 9.44. The number of unbranched alkanes of at least 4 members (excludes halogenated alkanes) is 14. The zero-order chi connectivity index (χ0) is 25.1. The van der Waals surface area contributed by atoms with Crippen molar-refractivity contribution in [3.8, 4) is 0 Å². The van der Waals surface area contributed by atoms with Gasteiger partial charge in [-0.2, -0.15) is 0 Å². The second-order valence-corrected chi connectivity index (χ2v) is 9.11. The van der Waals surface area contributed by atoms with Gasteiger partial charge in [-0.3, -0.25) is 9.79 Å². The number of nitrogens with one attached hydrogen (secondary N) is 1. The van der Waals surface area contributed by atoms with Crippen LogP contribution in [0, 0.1) is 0 Å². The maximum Gasteiger partial charge on any atom is 0.305 e. The van der Waals surface area contributed by atoms with E-state index in [-0.39, 0.29) is 13.0 Å². The number of aliphatic hydroxyl groups is 1. The molecule has 0 radical (unpaired) electrons. The van der Waals surface area contributed by atoms with Gasteiger partial charge >= 0.3 is 5.97 Å². The van der Waals surface area contributed by atoms with Crippen molar-refractivity contribution in [3.63, 3.8) is 0 Å². The maximum absolute atomic E-state index is 9.44. The monoisotopic (exact) mass is 480 g/mol. The number of aliphatic imine (C=N–C) groups is 1. The molecule has 1 aliphatic rings. The number of aryl methyl sites for hydroxylation is 1. The van der Waals surface area contributed by atoms with Gasteiger partial charge in [0.1, 0.15) is 5.82 Å². The van der Waals surface area contributed by atoms with E-state index < -0.39 is 5.97 Å². The summed E-state index contributed by atoms with van der Waals surface area (Å²) in [6, 6.07) is 0. The minimum atomic E-state index is -0.961. The average molecular weight is 481 g/mol. The van der Waals surface area contributed by atoms with E-state index in [1.165, 1.54) is 96.3 Å². The third kappa shape index (κ3) is 24.7. The lowest BCUT2D eigenvalue weighted by atomic mass is 10.0. The number of hydrogen-bond acceptors (Lipinski definition) is 5. The number of carbonyl (C=O) groups is 1. The minimum Gasteiger partial charge on any atom is -0.481 e. The van der Waals surface area contributed by atoms with Gasteiger partial charge in [0.2, 0.25) is 0 Å². The van der Waals surface area contributed by atoms with Crippen molar-refractivity contribution >= 4 is 12.3 Å². The van der Waals surface area contributed by atoms with Crippen LogP contribution in [0.15, 0.2) is 17.4 Å². The van der Waals surface area contributed by atoms with Gasteiger partial charge in [0, 0.05) is 32.4 Å². The van der Waals surface area contributed by atoms with E-state index >= 15 is 0 Å². The number of nitrogens with zero attached hydrogens (tertiary/aromatic N) is 3. The summed E-state index contributed by atoms with van der Waals surface area (Å²) in [5, 5.41) is 15.6. The molecule has 0 aliphatic carbocycles. The first-order valence-corrected chi connectivity index (χ1v) is 13.6. The quantitative estimate of drug-likeness (QED) is 0.216. The van der Waals surface area contributed by atoms with Crippen molar-refractivity contribution in [2.45, 2.75) is 116 Å². The van der Waals surface area contributed by atoms with E-state index in [0.717, 1.165) is 25.3 Å². The Hall–Kier alpha value is -1.89. The molecule has 0 unspecified atom stereocenters. The fraction of sp³-hybridized carbons (Fsp3) is 0.815. The number of H-pyrrole nitrogens is 1. The molecule has 0 saturated heterocycles. The number of aliphatic hydroxyl groups excluding tert-OH is 1. The molecule has 0 fully saturated rings. The zero-order valence-corrected chi connectivity index (χ0v) is 22.0. The summed E-state index contributed by atoms with van der Waals surface area (Å²) in [5.74, 6) is 0.187. The number of aliphatic carboxylic acids is 1. The van der Waals surface area contributed by atoms with E-state index in [1.54, 1.807) is 0 Å². The molecule has 2 heterocycles. The predicted octanol–water partition coefficient (Wildman–Crippen LogP) is 6.24. The molecule has 0 atom stereocenters. The smallest absolute Gasteiger partial charge is 0.305 e. The summed E-state index contributed by atoms with van der Waals surface area (Å²) in [7, 11) is 2.02. The molecule has 0 amide bonds. The van der Waals surface area contributed by atoms with Crippen molar-refractivity contribution in [3.05, 3.63) is 18.2 Å². The lowest BCUT2D eigenvalue weighted by Crippen LogP contribution is -2.11. The van der Waals surface area contributed by atoms with Crippen LogP contribution in [0.4, 0.5) is 0 Å². The van der Waals surface area contributed by atoms with Crippen LogP contribution in [0.3, 0.4) is 0 Å². The number of hydrogen-bond donors (Lipinski definition) is 3. The lowest BCUT2D eigenvalue weighted by molar-refractivity contribution is -0.137. The van der Waals surface area contributed by atoms with Crippen LogP contribution in [-0.4, -0.2) is 64.1 Å². The topological polar surface area (TPSA) is 102 Å². The Labute approximate surface area is 208 Å². The number of carboxylic acids is 1. The Balaban J connectivity index is 0.000000735. The number of rotatable bonds is 18. The van der Waals surface area contributed by atoms with E-state index in [4.69, 9.17) is 10.2 Å². The average Bonchev–Trinajstić information content (AvgIpc) is 3.51. The number of imidazole rings is 1. The first-order chi connectivity index (χ1) is 16.6. The number of carboxylic acid groups (broad SMARTS) is 1. The zero-order valence-electron chi connectivity index (χ0n) is 22.0. The fourth-order valence-corrected chi connectivity index (χ4v) is 3.66. The summed E-state index contributed by atoms with van der Waals surface area (Å²) < 4.78 is 0. The van der Waals surface area contributed by atoms with Gasteiger partial charge in [0.05, 0.1) is 25.9 Å². The third-order valence-corrected chi connectivity index (χ3v) is 5.76. The second-order valence-electron chi connectivity index (χ2n) is 9.11. The lowest BCUT2D eigenvalue weighted by Gasteiger charge is -2.03.